The Morgan fingerprint density at radius 2 is 1.79 bits per heavy atom. The number of likely N-dealkylation sites (N-methyl/N-ethyl adjacent to an activating group) is 1. The van der Waals surface area contributed by atoms with E-state index in [1.807, 2.05) is 60.7 Å². The van der Waals surface area contributed by atoms with Crippen LogP contribution in [0.5, 0.6) is 11.5 Å². The molecule has 5 rings (SSSR count). The minimum atomic E-state index is -1.06. The van der Waals surface area contributed by atoms with Gasteiger partial charge in [0.1, 0.15) is 0 Å². The van der Waals surface area contributed by atoms with Crippen molar-refractivity contribution in [3.8, 4) is 11.5 Å². The second-order valence-electron chi connectivity index (χ2n) is 7.62. The molecule has 0 aliphatic carbocycles. The lowest BCUT2D eigenvalue weighted by atomic mass is 10.0. The van der Waals surface area contributed by atoms with Crippen molar-refractivity contribution in [3.05, 3.63) is 95.6 Å². The summed E-state index contributed by atoms with van der Waals surface area (Å²) in [4.78, 5) is 32.1. The van der Waals surface area contributed by atoms with Crippen LogP contribution in [0.25, 0.3) is 6.08 Å². The minimum absolute atomic E-state index is 0.185. The van der Waals surface area contributed by atoms with Gasteiger partial charge in [0, 0.05) is 24.3 Å². The van der Waals surface area contributed by atoms with Gasteiger partial charge in [-0.25, -0.2) is 4.99 Å². The van der Waals surface area contributed by atoms with E-state index >= 15 is 0 Å². The number of anilines is 1. The molecule has 7 heteroatoms. The topological polar surface area (TPSA) is 80.2 Å². The molecule has 2 amide bonds. The molecule has 33 heavy (non-hydrogen) atoms. The summed E-state index contributed by atoms with van der Waals surface area (Å²) in [5, 5.41) is 2.74. The van der Waals surface area contributed by atoms with Crippen molar-refractivity contribution >= 4 is 29.3 Å². The molecule has 1 N–H and O–H groups in total. The van der Waals surface area contributed by atoms with Crippen LogP contribution in [0.2, 0.25) is 0 Å². The summed E-state index contributed by atoms with van der Waals surface area (Å²) in [7, 11) is 1.69. The number of rotatable bonds is 4. The van der Waals surface area contributed by atoms with Crippen LogP contribution in [0.1, 0.15) is 16.7 Å². The molecule has 0 radical (unpaired) electrons. The Morgan fingerprint density at radius 3 is 2.64 bits per heavy atom. The highest BCUT2D eigenvalue weighted by Gasteiger charge is 2.30. The summed E-state index contributed by atoms with van der Waals surface area (Å²) < 4.78 is 10.7. The van der Waals surface area contributed by atoms with Gasteiger partial charge >= 0.3 is 0 Å². The van der Waals surface area contributed by atoms with E-state index in [0.29, 0.717) is 17.2 Å². The Hall–Kier alpha value is -4.39. The Bertz CT molecular complexity index is 1280. The molecule has 7 nitrogen and oxygen atoms in total. The molecule has 0 spiro atoms. The van der Waals surface area contributed by atoms with Crippen LogP contribution < -0.4 is 19.7 Å². The largest absolute Gasteiger partial charge is 0.454 e. The maximum absolute atomic E-state index is 13.2. The van der Waals surface area contributed by atoms with Gasteiger partial charge in [-0.15, -0.1) is 0 Å². The monoisotopic (exact) mass is 439 g/mol. The maximum Gasteiger partial charge on any atom is 0.272 e. The predicted molar refractivity (Wildman–Crippen MR) is 125 cm³/mol. The third kappa shape index (κ3) is 4.08. The molecule has 0 aromatic heterocycles. The van der Waals surface area contributed by atoms with Crippen molar-refractivity contribution in [2.24, 2.45) is 4.99 Å². The van der Waals surface area contributed by atoms with Gasteiger partial charge in [-0.3, -0.25) is 9.59 Å². The van der Waals surface area contributed by atoms with E-state index < -0.39 is 12.1 Å². The van der Waals surface area contributed by atoms with Crippen LogP contribution in [0.15, 0.2) is 83.9 Å². The highest BCUT2D eigenvalue weighted by molar-refractivity contribution is 6.20. The number of ether oxygens (including phenoxy) is 2. The summed E-state index contributed by atoms with van der Waals surface area (Å²) in [5.74, 6) is 0.554. The fourth-order valence-corrected chi connectivity index (χ4v) is 3.81. The lowest BCUT2D eigenvalue weighted by molar-refractivity contribution is -0.124. The molecule has 1 atom stereocenters. The molecule has 0 fully saturated rings. The van der Waals surface area contributed by atoms with Crippen LogP contribution in [-0.4, -0.2) is 37.5 Å². The van der Waals surface area contributed by atoms with E-state index in [2.05, 4.69) is 10.3 Å². The molecule has 0 unspecified atom stereocenters. The smallest absolute Gasteiger partial charge is 0.272 e. The second kappa shape index (κ2) is 8.63. The minimum Gasteiger partial charge on any atom is -0.454 e. The Kier molecular flexibility index (Phi) is 5.36. The summed E-state index contributed by atoms with van der Waals surface area (Å²) in [6.45, 7) is 0.185. The number of carbonyl (C=O) groups is 2. The number of carbonyl (C=O) groups excluding carboxylic acids is 2. The molecule has 164 valence electrons. The third-order valence-corrected chi connectivity index (χ3v) is 5.49. The first kappa shape index (κ1) is 20.5. The van der Waals surface area contributed by atoms with Crippen LogP contribution in [0.4, 0.5) is 5.69 Å². The molecular formula is C26H21N3O4. The summed E-state index contributed by atoms with van der Waals surface area (Å²) in [6.07, 6.45) is 1.96. The van der Waals surface area contributed by atoms with Gasteiger partial charge in [-0.05, 0) is 29.8 Å². The van der Waals surface area contributed by atoms with E-state index in [-0.39, 0.29) is 12.7 Å². The molecule has 3 aromatic carbocycles. The predicted octanol–water partition coefficient (Wildman–Crippen LogP) is 3.38. The zero-order valence-corrected chi connectivity index (χ0v) is 17.9. The summed E-state index contributed by atoms with van der Waals surface area (Å²) in [5.41, 5.74) is 3.85. The van der Waals surface area contributed by atoms with E-state index in [0.717, 1.165) is 22.4 Å². The Balaban J connectivity index is 1.43. The molecule has 2 aliphatic heterocycles. The number of nitrogens with zero attached hydrogens (tertiary/aromatic N) is 2. The first-order valence-corrected chi connectivity index (χ1v) is 10.5. The number of benzodiazepines with no additional fused rings is 1. The normalized spacial score (nSPS) is 16.9. The molecular weight excluding hydrogens is 418 g/mol. The Morgan fingerprint density at radius 1 is 1.03 bits per heavy atom. The third-order valence-electron chi connectivity index (χ3n) is 5.49. The fourth-order valence-electron chi connectivity index (χ4n) is 3.81. The molecule has 0 saturated heterocycles. The fraction of sp³-hybridized carbons (Fsp3) is 0.115. The van der Waals surface area contributed by atoms with Crippen LogP contribution in [0, 0.1) is 0 Å². The quantitative estimate of drug-likeness (QED) is 0.632. The van der Waals surface area contributed by atoms with E-state index in [9.17, 15) is 9.59 Å². The van der Waals surface area contributed by atoms with Gasteiger partial charge in [0.15, 0.2) is 11.5 Å². The lowest BCUT2D eigenvalue weighted by Gasteiger charge is -2.20. The number of amides is 2. The van der Waals surface area contributed by atoms with Crippen molar-refractivity contribution < 1.29 is 19.1 Å². The molecule has 0 bridgehead atoms. The average Bonchev–Trinajstić information content (AvgIpc) is 3.29. The number of nitrogens with one attached hydrogen (secondary N) is 1. The Labute approximate surface area is 191 Å². The summed E-state index contributed by atoms with van der Waals surface area (Å²) in [6, 6.07) is 22.6. The second-order valence-corrected chi connectivity index (χ2v) is 7.62. The number of aliphatic imine (C=N–C) groups is 1. The maximum atomic E-state index is 13.2. The van der Waals surface area contributed by atoms with Crippen LogP contribution in [-0.2, 0) is 9.59 Å². The first-order valence-electron chi connectivity index (χ1n) is 10.5. The first-order chi connectivity index (χ1) is 16.1. The molecule has 2 heterocycles. The van der Waals surface area contributed by atoms with Crippen molar-refractivity contribution in [1.29, 1.82) is 0 Å². The zero-order valence-electron chi connectivity index (χ0n) is 17.9. The van der Waals surface area contributed by atoms with Gasteiger partial charge in [0.25, 0.3) is 5.91 Å². The van der Waals surface area contributed by atoms with E-state index in [1.165, 1.54) is 11.0 Å². The van der Waals surface area contributed by atoms with Gasteiger partial charge in [-0.2, -0.15) is 0 Å². The standard InChI is InChI=1S/C26H21N3O4/c1-29-20-10-6-5-9-19(20)24(18-7-3-2-4-8-18)28-25(26(29)31)27-23(30)14-12-17-11-13-21-22(15-17)33-16-32-21/h2-15,25H,16H2,1H3,(H,27,30)/b14-12+/t25-/m1/s1. The van der Waals surface area contributed by atoms with Gasteiger partial charge in [-0.1, -0.05) is 54.6 Å². The van der Waals surface area contributed by atoms with Gasteiger partial charge in [0.2, 0.25) is 18.9 Å². The molecule has 0 saturated carbocycles. The highest BCUT2D eigenvalue weighted by atomic mass is 16.7. The lowest BCUT2D eigenvalue weighted by Crippen LogP contribution is -2.45. The number of para-hydroxylation sites is 1. The van der Waals surface area contributed by atoms with Crippen molar-refractivity contribution in [3.63, 3.8) is 0 Å². The van der Waals surface area contributed by atoms with Crippen molar-refractivity contribution in [2.45, 2.75) is 6.17 Å². The van der Waals surface area contributed by atoms with Gasteiger partial charge < -0.3 is 19.7 Å². The SMILES string of the molecule is CN1C(=O)[C@H](NC(=O)/C=C/c2ccc3c(c2)OCO3)N=C(c2ccccc2)c2ccccc21. The van der Waals surface area contributed by atoms with E-state index in [4.69, 9.17) is 9.47 Å². The number of hydrogen-bond donors (Lipinski definition) is 1. The van der Waals surface area contributed by atoms with Crippen molar-refractivity contribution in [2.75, 3.05) is 18.7 Å². The zero-order chi connectivity index (χ0) is 22.8. The van der Waals surface area contributed by atoms with Crippen molar-refractivity contribution in [1.82, 2.24) is 5.32 Å². The highest BCUT2D eigenvalue weighted by Crippen LogP contribution is 2.33. The van der Waals surface area contributed by atoms with E-state index in [1.54, 1.807) is 25.3 Å². The number of fused-ring (bicyclic) bond motifs is 2. The average molecular weight is 439 g/mol. The summed E-state index contributed by atoms with van der Waals surface area (Å²) >= 11 is 0. The van der Waals surface area contributed by atoms with Crippen LogP contribution in [0.3, 0.4) is 0 Å². The molecule has 3 aromatic rings. The van der Waals surface area contributed by atoms with Crippen LogP contribution >= 0.6 is 0 Å². The number of benzene rings is 3. The number of hydrogen-bond acceptors (Lipinski definition) is 5. The van der Waals surface area contributed by atoms with Gasteiger partial charge in [0.05, 0.1) is 11.4 Å². The molecule has 2 aliphatic rings.